The highest BCUT2D eigenvalue weighted by Crippen LogP contribution is 2.29. The topological polar surface area (TPSA) is 12.0 Å². The molecule has 1 N–H and O–H groups in total. The summed E-state index contributed by atoms with van der Waals surface area (Å²) in [6, 6.07) is 8.55. The van der Waals surface area contributed by atoms with Crippen LogP contribution in [0.2, 0.25) is 5.02 Å². The van der Waals surface area contributed by atoms with Gasteiger partial charge < -0.3 is 5.32 Å². The third-order valence-electron chi connectivity index (χ3n) is 2.73. The first kappa shape index (κ1) is 14.3. The average molecular weight is 347 g/mol. The zero-order valence-corrected chi connectivity index (χ0v) is 12.4. The third-order valence-corrected chi connectivity index (χ3v) is 3.62. The van der Waals surface area contributed by atoms with Gasteiger partial charge in [-0.05, 0) is 47.1 Å². The Morgan fingerprint density at radius 2 is 1.89 bits per heavy atom. The lowest BCUT2D eigenvalue weighted by atomic mass is 10.1. The second-order valence-corrected chi connectivity index (χ2v) is 5.45. The van der Waals surface area contributed by atoms with Crippen molar-refractivity contribution < 1.29 is 8.78 Å². The molecule has 0 bridgehead atoms. The molecule has 2 rings (SSSR count). The standard InChI is InChI=1S/C14H11BrClF2N/c1-8(11-4-3-10(17)7-13(11)18)19-14-5-2-9(16)6-12(14)15/h2-8,19H,1H3. The summed E-state index contributed by atoms with van der Waals surface area (Å²) in [5, 5.41) is 3.76. The van der Waals surface area contributed by atoms with Gasteiger partial charge in [-0.25, -0.2) is 8.78 Å². The normalized spacial score (nSPS) is 12.3. The number of anilines is 1. The van der Waals surface area contributed by atoms with Gasteiger partial charge in [-0.3, -0.25) is 0 Å². The van der Waals surface area contributed by atoms with E-state index in [0.717, 1.165) is 16.2 Å². The predicted molar refractivity (Wildman–Crippen MR) is 77.5 cm³/mol. The van der Waals surface area contributed by atoms with Crippen molar-refractivity contribution in [3.8, 4) is 0 Å². The van der Waals surface area contributed by atoms with Gasteiger partial charge in [0.05, 0.1) is 6.04 Å². The fraction of sp³-hybridized carbons (Fsp3) is 0.143. The number of nitrogens with one attached hydrogen (secondary N) is 1. The number of benzene rings is 2. The van der Waals surface area contributed by atoms with Crippen LogP contribution in [-0.4, -0.2) is 0 Å². The zero-order valence-electron chi connectivity index (χ0n) is 10.1. The summed E-state index contributed by atoms with van der Waals surface area (Å²) >= 11 is 9.23. The van der Waals surface area contributed by atoms with E-state index in [1.165, 1.54) is 12.1 Å². The van der Waals surface area contributed by atoms with Crippen LogP contribution in [0.1, 0.15) is 18.5 Å². The predicted octanol–water partition coefficient (Wildman–Crippen LogP) is 5.55. The SMILES string of the molecule is CC(Nc1ccc(Cl)cc1Br)c1ccc(F)cc1F. The number of hydrogen-bond acceptors (Lipinski definition) is 1. The van der Waals surface area contributed by atoms with Crippen LogP contribution in [0.25, 0.3) is 0 Å². The van der Waals surface area contributed by atoms with E-state index in [-0.39, 0.29) is 6.04 Å². The van der Waals surface area contributed by atoms with Crippen LogP contribution in [0.5, 0.6) is 0 Å². The maximum Gasteiger partial charge on any atom is 0.131 e. The maximum atomic E-state index is 13.7. The minimum absolute atomic E-state index is 0.293. The minimum Gasteiger partial charge on any atom is -0.377 e. The Morgan fingerprint density at radius 1 is 1.16 bits per heavy atom. The second kappa shape index (κ2) is 5.88. The van der Waals surface area contributed by atoms with E-state index in [9.17, 15) is 8.78 Å². The van der Waals surface area contributed by atoms with Gasteiger partial charge in [0.25, 0.3) is 0 Å². The summed E-state index contributed by atoms with van der Waals surface area (Å²) in [4.78, 5) is 0. The highest BCUT2D eigenvalue weighted by Gasteiger charge is 2.12. The first-order valence-electron chi connectivity index (χ1n) is 5.64. The molecule has 1 atom stereocenters. The molecule has 100 valence electrons. The monoisotopic (exact) mass is 345 g/mol. The van der Waals surface area contributed by atoms with Gasteiger partial charge in [0.2, 0.25) is 0 Å². The van der Waals surface area contributed by atoms with Crippen molar-refractivity contribution in [2.24, 2.45) is 0 Å². The number of rotatable bonds is 3. The molecule has 0 aliphatic carbocycles. The first-order chi connectivity index (χ1) is 8.97. The highest BCUT2D eigenvalue weighted by atomic mass is 79.9. The average Bonchev–Trinajstić information content (AvgIpc) is 2.32. The molecular formula is C14H11BrClF2N. The lowest BCUT2D eigenvalue weighted by molar-refractivity contribution is 0.566. The van der Waals surface area contributed by atoms with Gasteiger partial charge in [-0.1, -0.05) is 17.7 Å². The van der Waals surface area contributed by atoms with Gasteiger partial charge in [0.1, 0.15) is 11.6 Å². The van der Waals surface area contributed by atoms with E-state index in [1.54, 1.807) is 25.1 Å². The molecule has 0 saturated heterocycles. The molecular weight excluding hydrogens is 336 g/mol. The molecule has 0 saturated carbocycles. The van der Waals surface area contributed by atoms with E-state index in [1.807, 2.05) is 0 Å². The lowest BCUT2D eigenvalue weighted by Crippen LogP contribution is -2.09. The van der Waals surface area contributed by atoms with Gasteiger partial charge in [0, 0.05) is 26.8 Å². The molecule has 1 nitrogen and oxygen atoms in total. The molecule has 2 aromatic rings. The van der Waals surface area contributed by atoms with Crippen molar-refractivity contribution in [1.29, 1.82) is 0 Å². The van der Waals surface area contributed by atoms with Gasteiger partial charge in [-0.2, -0.15) is 0 Å². The van der Waals surface area contributed by atoms with Crippen molar-refractivity contribution in [3.05, 3.63) is 63.1 Å². The molecule has 0 radical (unpaired) electrons. The Labute approximate surface area is 123 Å². The van der Waals surface area contributed by atoms with Gasteiger partial charge >= 0.3 is 0 Å². The summed E-state index contributed by atoms with van der Waals surface area (Å²) in [6.07, 6.45) is 0. The van der Waals surface area contributed by atoms with Crippen LogP contribution in [0, 0.1) is 11.6 Å². The summed E-state index contributed by atoms with van der Waals surface area (Å²) < 4.78 is 27.3. The molecule has 0 aliphatic heterocycles. The molecule has 5 heteroatoms. The van der Waals surface area contributed by atoms with E-state index >= 15 is 0 Å². The summed E-state index contributed by atoms with van der Waals surface area (Å²) in [5.41, 5.74) is 1.20. The van der Waals surface area contributed by atoms with Crippen LogP contribution in [-0.2, 0) is 0 Å². The quantitative estimate of drug-likeness (QED) is 0.768. The Balaban J connectivity index is 2.23. The van der Waals surface area contributed by atoms with E-state index < -0.39 is 11.6 Å². The van der Waals surface area contributed by atoms with E-state index in [4.69, 9.17) is 11.6 Å². The van der Waals surface area contributed by atoms with Crippen LogP contribution in [0.3, 0.4) is 0 Å². The van der Waals surface area contributed by atoms with E-state index in [0.29, 0.717) is 10.6 Å². The first-order valence-corrected chi connectivity index (χ1v) is 6.81. The Morgan fingerprint density at radius 3 is 2.53 bits per heavy atom. The minimum atomic E-state index is -0.582. The van der Waals surface area contributed by atoms with Crippen LogP contribution >= 0.6 is 27.5 Å². The Kier molecular flexibility index (Phi) is 4.42. The molecule has 1 unspecified atom stereocenters. The molecule has 2 aromatic carbocycles. The molecule has 0 aliphatic rings. The molecule has 0 aromatic heterocycles. The molecule has 0 spiro atoms. The van der Waals surface area contributed by atoms with Crippen molar-refractivity contribution in [2.45, 2.75) is 13.0 Å². The smallest absolute Gasteiger partial charge is 0.131 e. The Bertz CT molecular complexity index is 604. The fourth-order valence-electron chi connectivity index (χ4n) is 1.77. The lowest BCUT2D eigenvalue weighted by Gasteiger charge is -2.17. The maximum absolute atomic E-state index is 13.7. The molecule has 0 amide bonds. The zero-order chi connectivity index (χ0) is 14.0. The molecule has 0 fully saturated rings. The molecule has 0 heterocycles. The molecule has 19 heavy (non-hydrogen) atoms. The second-order valence-electron chi connectivity index (χ2n) is 4.16. The largest absolute Gasteiger partial charge is 0.377 e. The summed E-state index contributed by atoms with van der Waals surface area (Å²) in [7, 11) is 0. The number of hydrogen-bond donors (Lipinski definition) is 1. The highest BCUT2D eigenvalue weighted by molar-refractivity contribution is 9.10. The fourth-order valence-corrected chi connectivity index (χ4v) is 2.57. The van der Waals surface area contributed by atoms with Crippen LogP contribution < -0.4 is 5.32 Å². The summed E-state index contributed by atoms with van der Waals surface area (Å²) in [5.74, 6) is -1.15. The Hall–Kier alpha value is -1.13. The summed E-state index contributed by atoms with van der Waals surface area (Å²) in [6.45, 7) is 1.80. The van der Waals surface area contributed by atoms with Crippen molar-refractivity contribution in [3.63, 3.8) is 0 Å². The van der Waals surface area contributed by atoms with Gasteiger partial charge in [-0.15, -0.1) is 0 Å². The van der Waals surface area contributed by atoms with E-state index in [2.05, 4.69) is 21.2 Å². The van der Waals surface area contributed by atoms with Crippen molar-refractivity contribution in [1.82, 2.24) is 0 Å². The van der Waals surface area contributed by atoms with Crippen molar-refractivity contribution >= 4 is 33.2 Å². The van der Waals surface area contributed by atoms with Crippen LogP contribution in [0.15, 0.2) is 40.9 Å². The van der Waals surface area contributed by atoms with Crippen LogP contribution in [0.4, 0.5) is 14.5 Å². The van der Waals surface area contributed by atoms with Crippen molar-refractivity contribution in [2.75, 3.05) is 5.32 Å². The van der Waals surface area contributed by atoms with Gasteiger partial charge in [0.15, 0.2) is 0 Å². The third kappa shape index (κ3) is 3.45. The number of halogens is 4.